The predicted molar refractivity (Wildman–Crippen MR) is 51.6 cm³/mol. The molecule has 15 heavy (non-hydrogen) atoms. The molecule has 0 bridgehead atoms. The van der Waals surface area contributed by atoms with Crippen molar-refractivity contribution >= 4 is 5.97 Å². The van der Waals surface area contributed by atoms with Crippen LogP contribution in [0.4, 0.5) is 0 Å². The van der Waals surface area contributed by atoms with Crippen LogP contribution < -0.4 is 5.32 Å². The summed E-state index contributed by atoms with van der Waals surface area (Å²) in [6.45, 7) is 2.49. The summed E-state index contributed by atoms with van der Waals surface area (Å²) in [5, 5.41) is 11.6. The lowest BCUT2D eigenvalue weighted by Gasteiger charge is -2.26. The molecule has 0 amide bonds. The number of hydrogen-bond acceptors (Lipinski definition) is 4. The molecular formula is C10H13NO4. The Hall–Kier alpha value is -1.33. The van der Waals surface area contributed by atoms with E-state index in [9.17, 15) is 4.79 Å². The topological polar surface area (TPSA) is 71.7 Å². The second-order valence-electron chi connectivity index (χ2n) is 3.57. The fraction of sp³-hybridized carbons (Fsp3) is 0.500. The average molecular weight is 211 g/mol. The van der Waals surface area contributed by atoms with Gasteiger partial charge >= 0.3 is 5.97 Å². The Bertz CT molecular complexity index is 352. The first kappa shape index (κ1) is 10.2. The maximum Gasteiger partial charge on any atom is 0.323 e. The van der Waals surface area contributed by atoms with Crippen molar-refractivity contribution in [3.8, 4) is 0 Å². The van der Waals surface area contributed by atoms with Crippen LogP contribution in [-0.2, 0) is 9.53 Å². The van der Waals surface area contributed by atoms with Gasteiger partial charge in [0.25, 0.3) is 0 Å². The van der Waals surface area contributed by atoms with E-state index in [0.29, 0.717) is 6.54 Å². The smallest absolute Gasteiger partial charge is 0.323 e. The van der Waals surface area contributed by atoms with Crippen molar-refractivity contribution in [1.82, 2.24) is 5.32 Å². The summed E-state index contributed by atoms with van der Waals surface area (Å²) in [7, 11) is 0. The van der Waals surface area contributed by atoms with E-state index in [1.165, 1.54) is 0 Å². The van der Waals surface area contributed by atoms with Crippen molar-refractivity contribution in [2.45, 2.75) is 19.1 Å². The molecule has 1 aliphatic rings. The van der Waals surface area contributed by atoms with Gasteiger partial charge in [-0.3, -0.25) is 10.1 Å². The first-order valence-electron chi connectivity index (χ1n) is 4.81. The van der Waals surface area contributed by atoms with Gasteiger partial charge in [-0.15, -0.1) is 0 Å². The van der Waals surface area contributed by atoms with Gasteiger partial charge in [0, 0.05) is 6.54 Å². The molecule has 82 valence electrons. The number of rotatable bonds is 2. The van der Waals surface area contributed by atoms with E-state index in [1.807, 2.05) is 19.1 Å². The number of carboxylic acids is 1. The Balaban J connectivity index is 1.96. The molecule has 5 heteroatoms. The van der Waals surface area contributed by atoms with Crippen molar-refractivity contribution in [2.75, 3.05) is 13.2 Å². The van der Waals surface area contributed by atoms with Crippen LogP contribution in [0.15, 0.2) is 16.5 Å². The fourth-order valence-corrected chi connectivity index (χ4v) is 1.55. The van der Waals surface area contributed by atoms with Gasteiger partial charge in [0.2, 0.25) is 0 Å². The zero-order valence-corrected chi connectivity index (χ0v) is 8.40. The third-order valence-electron chi connectivity index (χ3n) is 2.39. The Labute approximate surface area is 87.0 Å². The largest absolute Gasteiger partial charge is 0.480 e. The van der Waals surface area contributed by atoms with Crippen LogP contribution in [0.25, 0.3) is 0 Å². The second kappa shape index (κ2) is 4.04. The minimum Gasteiger partial charge on any atom is -0.480 e. The lowest BCUT2D eigenvalue weighted by molar-refractivity contribution is -0.144. The minimum atomic E-state index is -0.885. The molecular weight excluding hydrogens is 198 g/mol. The number of hydrogen-bond donors (Lipinski definition) is 2. The van der Waals surface area contributed by atoms with Crippen LogP contribution in [-0.4, -0.2) is 30.3 Å². The van der Waals surface area contributed by atoms with Crippen molar-refractivity contribution in [3.05, 3.63) is 23.7 Å². The molecule has 1 aromatic rings. The van der Waals surface area contributed by atoms with E-state index in [4.69, 9.17) is 14.3 Å². The highest BCUT2D eigenvalue weighted by atomic mass is 16.5. The van der Waals surface area contributed by atoms with Gasteiger partial charge < -0.3 is 14.3 Å². The summed E-state index contributed by atoms with van der Waals surface area (Å²) in [5.41, 5.74) is 0. The molecule has 2 N–H and O–H groups in total. The molecule has 2 unspecified atom stereocenters. The van der Waals surface area contributed by atoms with Crippen molar-refractivity contribution in [1.29, 1.82) is 0 Å². The van der Waals surface area contributed by atoms with Crippen molar-refractivity contribution in [3.63, 3.8) is 0 Å². The van der Waals surface area contributed by atoms with Crippen LogP contribution in [0.5, 0.6) is 0 Å². The third-order valence-corrected chi connectivity index (χ3v) is 2.39. The lowest BCUT2D eigenvalue weighted by atomic mass is 10.2. The number of carbonyl (C=O) groups is 1. The Morgan fingerprint density at radius 2 is 2.40 bits per heavy atom. The van der Waals surface area contributed by atoms with Gasteiger partial charge in [-0.2, -0.15) is 0 Å². The molecule has 5 nitrogen and oxygen atoms in total. The summed E-state index contributed by atoms with van der Waals surface area (Å²) in [6, 6.07) is 3.10. The number of carboxylic acid groups (broad SMARTS) is 1. The number of aliphatic carboxylic acids is 1. The summed E-state index contributed by atoms with van der Waals surface area (Å²) in [5.74, 6) is 0.682. The van der Waals surface area contributed by atoms with Crippen LogP contribution in [0, 0.1) is 6.92 Å². The third kappa shape index (κ3) is 2.19. The van der Waals surface area contributed by atoms with E-state index >= 15 is 0 Å². The monoisotopic (exact) mass is 211 g/mol. The zero-order chi connectivity index (χ0) is 10.8. The lowest BCUT2D eigenvalue weighted by Crippen LogP contribution is -2.47. The van der Waals surface area contributed by atoms with Gasteiger partial charge in [-0.25, -0.2) is 0 Å². The van der Waals surface area contributed by atoms with Gasteiger partial charge in [0.1, 0.15) is 23.7 Å². The highest BCUT2D eigenvalue weighted by Crippen LogP contribution is 2.21. The van der Waals surface area contributed by atoms with Crippen LogP contribution >= 0.6 is 0 Å². The fourth-order valence-electron chi connectivity index (χ4n) is 1.55. The Morgan fingerprint density at radius 3 is 2.87 bits per heavy atom. The first-order chi connectivity index (χ1) is 7.16. The molecule has 2 heterocycles. The molecule has 0 radical (unpaired) electrons. The van der Waals surface area contributed by atoms with Crippen LogP contribution in [0.2, 0.25) is 0 Å². The molecule has 0 aliphatic carbocycles. The first-order valence-corrected chi connectivity index (χ1v) is 4.81. The SMILES string of the molecule is Cc1ccc(C2CNC(C(=O)O)CO2)o1. The Kier molecular flexibility index (Phi) is 2.75. The molecule has 2 rings (SSSR count). The highest BCUT2D eigenvalue weighted by molar-refractivity contribution is 5.73. The molecule has 1 aliphatic heterocycles. The van der Waals surface area contributed by atoms with Gasteiger partial charge in [-0.1, -0.05) is 0 Å². The summed E-state index contributed by atoms with van der Waals surface area (Å²) in [6.07, 6.45) is -0.186. The van der Waals surface area contributed by atoms with E-state index in [2.05, 4.69) is 5.32 Å². The molecule has 0 aromatic carbocycles. The maximum absolute atomic E-state index is 10.6. The normalized spacial score (nSPS) is 26.5. The van der Waals surface area contributed by atoms with Gasteiger partial charge in [-0.05, 0) is 19.1 Å². The summed E-state index contributed by atoms with van der Waals surface area (Å²) in [4.78, 5) is 10.6. The number of morpholine rings is 1. The second-order valence-corrected chi connectivity index (χ2v) is 3.57. The molecule has 1 saturated heterocycles. The van der Waals surface area contributed by atoms with Gasteiger partial charge in [0.05, 0.1) is 6.61 Å². The quantitative estimate of drug-likeness (QED) is 0.753. The highest BCUT2D eigenvalue weighted by Gasteiger charge is 2.28. The Morgan fingerprint density at radius 1 is 1.60 bits per heavy atom. The zero-order valence-electron chi connectivity index (χ0n) is 8.40. The van der Waals surface area contributed by atoms with E-state index in [0.717, 1.165) is 11.5 Å². The minimum absolute atomic E-state index is 0.166. The number of ether oxygens (including phenoxy) is 1. The van der Waals surface area contributed by atoms with Crippen LogP contribution in [0.1, 0.15) is 17.6 Å². The van der Waals surface area contributed by atoms with E-state index in [-0.39, 0.29) is 12.7 Å². The standard InChI is InChI=1S/C10H13NO4/c1-6-2-3-8(15-6)9-4-11-7(5-14-9)10(12)13/h2-3,7,9,11H,4-5H2,1H3,(H,12,13). The maximum atomic E-state index is 10.6. The molecule has 2 atom stereocenters. The predicted octanol–water partition coefficient (Wildman–Crippen LogP) is 0.702. The average Bonchev–Trinajstić information content (AvgIpc) is 2.65. The number of aryl methyl sites for hydroxylation is 1. The molecule has 0 saturated carbocycles. The molecule has 1 fully saturated rings. The summed E-state index contributed by atoms with van der Waals surface area (Å²) >= 11 is 0. The van der Waals surface area contributed by atoms with Crippen LogP contribution in [0.3, 0.4) is 0 Å². The van der Waals surface area contributed by atoms with Gasteiger partial charge in [0.15, 0.2) is 0 Å². The van der Waals surface area contributed by atoms with Crippen molar-refractivity contribution in [2.24, 2.45) is 0 Å². The number of furan rings is 1. The summed E-state index contributed by atoms with van der Waals surface area (Å²) < 4.78 is 10.8. The molecule has 1 aromatic heterocycles. The van der Waals surface area contributed by atoms with E-state index in [1.54, 1.807) is 0 Å². The van der Waals surface area contributed by atoms with E-state index < -0.39 is 12.0 Å². The molecule has 0 spiro atoms. The number of nitrogens with one attached hydrogen (secondary N) is 1. The van der Waals surface area contributed by atoms with Crippen molar-refractivity contribution < 1.29 is 19.1 Å².